The molecule has 8 heteroatoms. The number of amides is 2. The van der Waals surface area contributed by atoms with Gasteiger partial charge in [-0.15, -0.1) is 6.58 Å². The van der Waals surface area contributed by atoms with Crippen molar-refractivity contribution < 1.29 is 53.8 Å². The van der Waals surface area contributed by atoms with Crippen molar-refractivity contribution in [3.05, 3.63) is 12.7 Å². The normalized spacial score (nSPS) is 20.5. The van der Waals surface area contributed by atoms with Gasteiger partial charge in [0.15, 0.2) is 0 Å². The van der Waals surface area contributed by atoms with Crippen molar-refractivity contribution in [2.24, 2.45) is 16.3 Å². The van der Waals surface area contributed by atoms with Gasteiger partial charge in [0.05, 0.1) is 12.6 Å². The molecule has 0 aliphatic carbocycles. The summed E-state index contributed by atoms with van der Waals surface area (Å²) in [4.78, 5) is 40.8. The summed E-state index contributed by atoms with van der Waals surface area (Å²) in [5, 5.41) is 11.9. The van der Waals surface area contributed by atoms with Crippen LogP contribution in [0.3, 0.4) is 0 Å². The average Bonchev–Trinajstić information content (AvgIpc) is 2.47. The molecule has 0 bridgehead atoms. The third-order valence-corrected chi connectivity index (χ3v) is 3.73. The Bertz CT molecular complexity index is 533. The van der Waals surface area contributed by atoms with Gasteiger partial charge in [-0.2, -0.15) is 0 Å². The third kappa shape index (κ3) is 5.16. The number of carbonyl (C=O) groups is 3. The molecule has 1 unspecified atom stereocenters. The zero-order valence-corrected chi connectivity index (χ0v) is 16.8. The first kappa shape index (κ1) is 22.8. The summed E-state index contributed by atoms with van der Waals surface area (Å²) in [6.45, 7) is 8.75. The Kier molecular flexibility index (Phi) is 9.47. The Labute approximate surface area is 164 Å². The molecule has 2 amide bonds. The Hall–Kier alpha value is -1.18. The molecule has 1 aliphatic rings. The number of aliphatic imine (C=N–C) groups is 1. The van der Waals surface area contributed by atoms with E-state index in [1.807, 2.05) is 13.8 Å². The number of nitrogens with zero attached hydrogens (tertiary/aromatic N) is 2. The van der Waals surface area contributed by atoms with Crippen LogP contribution in [0.2, 0.25) is 0 Å². The SMILES string of the molecule is C=CCC1(CCC(C)C)C(=O)N=C([O-])N(CC(=O)OCC)C1=O.[Na+]. The van der Waals surface area contributed by atoms with Gasteiger partial charge >= 0.3 is 35.5 Å². The molecule has 1 rings (SSSR count). The van der Waals surface area contributed by atoms with Gasteiger partial charge in [-0.05, 0) is 32.1 Å². The maximum Gasteiger partial charge on any atom is 1.00 e. The first-order chi connectivity index (χ1) is 10.8. The number of hydrogen-bond acceptors (Lipinski definition) is 5. The largest absolute Gasteiger partial charge is 1.00 e. The summed E-state index contributed by atoms with van der Waals surface area (Å²) in [6, 6.07) is -1.02. The van der Waals surface area contributed by atoms with Crippen molar-refractivity contribution in [1.82, 2.24) is 4.90 Å². The minimum Gasteiger partial charge on any atom is -0.846 e. The van der Waals surface area contributed by atoms with Crippen LogP contribution in [-0.2, 0) is 19.1 Å². The van der Waals surface area contributed by atoms with Crippen LogP contribution in [-0.4, -0.2) is 41.9 Å². The standard InChI is InChI=1S/C16H24N2O5.Na/c1-5-8-16(9-7-11(3)4)13(20)17-15(22)18(14(16)21)10-12(19)23-6-2;/h5,11H,1,6-10H2,2-4H3,(H,17,20,22);/q;+1/p-1. The number of esters is 1. The maximum atomic E-state index is 12.8. The van der Waals surface area contributed by atoms with Crippen LogP contribution < -0.4 is 34.7 Å². The van der Waals surface area contributed by atoms with Crippen LogP contribution in [0.5, 0.6) is 0 Å². The fraction of sp³-hybridized carbons (Fsp3) is 0.625. The molecule has 0 saturated heterocycles. The number of ether oxygens (including phenoxy) is 1. The zero-order chi connectivity index (χ0) is 17.6. The summed E-state index contributed by atoms with van der Waals surface area (Å²) < 4.78 is 4.76. The smallest absolute Gasteiger partial charge is 0.846 e. The monoisotopic (exact) mass is 346 g/mol. The first-order valence-electron chi connectivity index (χ1n) is 7.67. The van der Waals surface area contributed by atoms with Crippen LogP contribution in [0.4, 0.5) is 0 Å². The van der Waals surface area contributed by atoms with E-state index in [1.165, 1.54) is 6.08 Å². The van der Waals surface area contributed by atoms with Crippen molar-refractivity contribution in [3.63, 3.8) is 0 Å². The molecule has 1 heterocycles. The zero-order valence-electron chi connectivity index (χ0n) is 14.8. The quantitative estimate of drug-likeness (QED) is 0.212. The van der Waals surface area contributed by atoms with E-state index in [-0.39, 0.29) is 54.9 Å². The number of hydrogen-bond donors (Lipinski definition) is 0. The van der Waals surface area contributed by atoms with Gasteiger partial charge < -0.3 is 9.84 Å². The van der Waals surface area contributed by atoms with Crippen molar-refractivity contribution in [2.45, 2.75) is 40.0 Å². The van der Waals surface area contributed by atoms with Gasteiger partial charge in [0.25, 0.3) is 5.91 Å². The molecular weight excluding hydrogens is 323 g/mol. The number of rotatable bonds is 8. The van der Waals surface area contributed by atoms with E-state index in [0.717, 1.165) is 0 Å². The van der Waals surface area contributed by atoms with Crippen LogP contribution >= 0.6 is 0 Å². The van der Waals surface area contributed by atoms with Gasteiger partial charge in [-0.1, -0.05) is 19.9 Å². The van der Waals surface area contributed by atoms with Crippen LogP contribution in [0.25, 0.3) is 0 Å². The Morgan fingerprint density at radius 3 is 2.58 bits per heavy atom. The molecule has 0 radical (unpaired) electrons. The van der Waals surface area contributed by atoms with E-state index in [9.17, 15) is 19.5 Å². The Morgan fingerprint density at radius 2 is 2.08 bits per heavy atom. The summed E-state index contributed by atoms with van der Waals surface area (Å²) >= 11 is 0. The van der Waals surface area contributed by atoms with Gasteiger partial charge in [0, 0.05) is 0 Å². The second kappa shape index (κ2) is 9.96. The summed E-state index contributed by atoms with van der Waals surface area (Å²) in [5.74, 6) is -1.90. The van der Waals surface area contributed by atoms with E-state index in [4.69, 9.17) is 4.74 Å². The van der Waals surface area contributed by atoms with E-state index >= 15 is 0 Å². The van der Waals surface area contributed by atoms with Crippen LogP contribution in [0.15, 0.2) is 17.6 Å². The molecule has 0 fully saturated rings. The average molecular weight is 346 g/mol. The number of allylic oxidation sites excluding steroid dienone is 1. The van der Waals surface area contributed by atoms with Crippen LogP contribution in [0.1, 0.15) is 40.0 Å². The third-order valence-electron chi connectivity index (χ3n) is 3.73. The molecule has 1 aliphatic heterocycles. The summed E-state index contributed by atoms with van der Waals surface area (Å²) in [5.41, 5.74) is -1.45. The van der Waals surface area contributed by atoms with Crippen molar-refractivity contribution >= 4 is 23.8 Å². The summed E-state index contributed by atoms with van der Waals surface area (Å²) in [7, 11) is 0. The predicted molar refractivity (Wildman–Crippen MR) is 82.1 cm³/mol. The van der Waals surface area contributed by atoms with E-state index in [2.05, 4.69) is 11.6 Å². The molecular formula is C16H23N2NaO5. The second-order valence-electron chi connectivity index (χ2n) is 5.90. The fourth-order valence-corrected chi connectivity index (χ4v) is 2.44. The van der Waals surface area contributed by atoms with E-state index in [1.54, 1.807) is 6.92 Å². The number of carbonyl (C=O) groups excluding carboxylic acids is 3. The molecule has 24 heavy (non-hydrogen) atoms. The molecule has 7 nitrogen and oxygen atoms in total. The molecule has 0 aromatic rings. The molecule has 128 valence electrons. The topological polar surface area (TPSA) is 99.1 Å². The molecule has 0 saturated carbocycles. The van der Waals surface area contributed by atoms with Gasteiger partial charge in [0.2, 0.25) is 5.91 Å². The van der Waals surface area contributed by atoms with Crippen LogP contribution in [0, 0.1) is 11.3 Å². The maximum absolute atomic E-state index is 12.8. The van der Waals surface area contributed by atoms with Crippen molar-refractivity contribution in [1.29, 1.82) is 0 Å². The molecule has 0 N–H and O–H groups in total. The van der Waals surface area contributed by atoms with E-state index in [0.29, 0.717) is 11.3 Å². The second-order valence-corrected chi connectivity index (χ2v) is 5.90. The minimum atomic E-state index is -1.45. The first-order valence-corrected chi connectivity index (χ1v) is 7.67. The Morgan fingerprint density at radius 1 is 1.46 bits per heavy atom. The van der Waals surface area contributed by atoms with Crippen molar-refractivity contribution in [2.75, 3.05) is 13.2 Å². The molecule has 0 spiro atoms. The van der Waals surface area contributed by atoms with E-state index < -0.39 is 35.8 Å². The minimum absolute atomic E-state index is 0. The molecule has 0 aromatic carbocycles. The summed E-state index contributed by atoms with van der Waals surface area (Å²) in [6.07, 6.45) is 2.41. The van der Waals surface area contributed by atoms with Gasteiger partial charge in [-0.25, -0.2) is 4.99 Å². The fourth-order valence-electron chi connectivity index (χ4n) is 2.44. The molecule has 1 atom stereocenters. The Balaban J connectivity index is 0.00000529. The van der Waals surface area contributed by atoms with Gasteiger partial charge in [-0.3, -0.25) is 19.3 Å². The predicted octanol–water partition coefficient (Wildman–Crippen LogP) is -2.36. The van der Waals surface area contributed by atoms with Crippen molar-refractivity contribution in [3.8, 4) is 0 Å². The number of amidine groups is 1. The molecule has 0 aromatic heterocycles. The van der Waals surface area contributed by atoms with Gasteiger partial charge in [0.1, 0.15) is 12.0 Å².